The molecule has 0 amide bonds. The molecule has 1 aromatic heterocycles. The van der Waals surface area contributed by atoms with Gasteiger partial charge in [-0.25, -0.2) is 9.07 Å². The van der Waals surface area contributed by atoms with Gasteiger partial charge in [0.1, 0.15) is 5.82 Å². The van der Waals surface area contributed by atoms with Gasteiger partial charge in [0.2, 0.25) is 0 Å². The van der Waals surface area contributed by atoms with Gasteiger partial charge >= 0.3 is 0 Å². The van der Waals surface area contributed by atoms with Crippen molar-refractivity contribution >= 4 is 27.5 Å². The van der Waals surface area contributed by atoms with Crippen molar-refractivity contribution < 1.29 is 4.39 Å². The van der Waals surface area contributed by atoms with Crippen molar-refractivity contribution in [3.8, 4) is 5.69 Å². The Morgan fingerprint density at radius 2 is 2.20 bits per heavy atom. The van der Waals surface area contributed by atoms with Crippen LogP contribution in [0.3, 0.4) is 0 Å². The summed E-state index contributed by atoms with van der Waals surface area (Å²) in [5.74, 6) is -0.0587. The summed E-state index contributed by atoms with van der Waals surface area (Å²) in [7, 11) is 0. The fourth-order valence-corrected chi connectivity index (χ4v) is 1.86. The molecule has 0 unspecified atom stereocenters. The van der Waals surface area contributed by atoms with E-state index in [4.69, 9.17) is 11.6 Å². The molecule has 0 fully saturated rings. The average molecular weight is 291 g/mol. The van der Waals surface area contributed by atoms with Crippen LogP contribution < -0.4 is 0 Å². The third-order valence-electron chi connectivity index (χ3n) is 1.85. The molecule has 0 aliphatic heterocycles. The van der Waals surface area contributed by atoms with Gasteiger partial charge in [-0.1, -0.05) is 21.1 Å². The molecule has 6 heteroatoms. The van der Waals surface area contributed by atoms with Crippen LogP contribution in [0.4, 0.5) is 4.39 Å². The summed E-state index contributed by atoms with van der Waals surface area (Å²) in [6.45, 7) is 0. The van der Waals surface area contributed by atoms with Crippen molar-refractivity contribution in [3.63, 3.8) is 0 Å². The van der Waals surface area contributed by atoms with Crippen LogP contribution in [0, 0.1) is 5.82 Å². The predicted octanol–water partition coefficient (Wildman–Crippen LogP) is 2.91. The Kier molecular flexibility index (Phi) is 3.02. The maximum Gasteiger partial charge on any atom is 0.126 e. The van der Waals surface area contributed by atoms with Gasteiger partial charge in [-0.3, -0.25) is 0 Å². The van der Waals surface area contributed by atoms with E-state index < -0.39 is 0 Å². The van der Waals surface area contributed by atoms with Gasteiger partial charge in [-0.05, 0) is 18.2 Å². The quantitative estimate of drug-likeness (QED) is 0.796. The molecule has 0 saturated heterocycles. The number of rotatable bonds is 2. The lowest BCUT2D eigenvalue weighted by atomic mass is 10.3. The molecule has 1 aromatic carbocycles. The molecule has 0 radical (unpaired) electrons. The molecule has 0 atom stereocenters. The van der Waals surface area contributed by atoms with Crippen LogP contribution >= 0.6 is 27.5 Å². The molecular formula is C9H6BrClFN3. The van der Waals surface area contributed by atoms with E-state index in [9.17, 15) is 4.39 Å². The molecule has 2 aromatic rings. The fourth-order valence-electron chi connectivity index (χ4n) is 1.23. The molecule has 0 N–H and O–H groups in total. The smallest absolute Gasteiger partial charge is 0.126 e. The summed E-state index contributed by atoms with van der Waals surface area (Å²) >= 11 is 8.91. The van der Waals surface area contributed by atoms with E-state index in [1.165, 1.54) is 16.8 Å². The van der Waals surface area contributed by atoms with Crippen molar-refractivity contribution in [1.29, 1.82) is 0 Å². The summed E-state index contributed by atoms with van der Waals surface area (Å²) in [6, 6.07) is 4.49. The topological polar surface area (TPSA) is 30.7 Å². The number of alkyl halides is 1. The van der Waals surface area contributed by atoms with Gasteiger partial charge in [0.25, 0.3) is 0 Å². The first-order valence-electron chi connectivity index (χ1n) is 4.12. The zero-order valence-corrected chi connectivity index (χ0v) is 9.83. The molecule has 0 saturated carbocycles. The molecule has 78 valence electrons. The van der Waals surface area contributed by atoms with E-state index in [1.807, 2.05) is 0 Å². The third kappa shape index (κ3) is 2.18. The van der Waals surface area contributed by atoms with E-state index in [0.29, 0.717) is 15.9 Å². The van der Waals surface area contributed by atoms with Crippen LogP contribution in [0.1, 0.15) is 5.69 Å². The monoisotopic (exact) mass is 289 g/mol. The summed E-state index contributed by atoms with van der Waals surface area (Å²) in [5, 5.41) is 7.55. The average Bonchev–Trinajstić information content (AvgIpc) is 2.63. The van der Waals surface area contributed by atoms with Crippen molar-refractivity contribution in [2.45, 2.75) is 5.88 Å². The summed E-state index contributed by atoms with van der Waals surface area (Å²) < 4.78 is 15.3. The highest BCUT2D eigenvalue weighted by atomic mass is 79.9. The standard InChI is InChI=1S/C9H6BrClFN3/c10-6-1-7(12)3-8(2-6)15-9(4-11)5-13-14-15/h1-3,5H,4H2. The number of hydrogen-bond donors (Lipinski definition) is 0. The number of nitrogens with zero attached hydrogens (tertiary/aromatic N) is 3. The first-order valence-corrected chi connectivity index (χ1v) is 5.45. The molecule has 0 spiro atoms. The Bertz CT molecular complexity index is 466. The molecule has 1 heterocycles. The lowest BCUT2D eigenvalue weighted by molar-refractivity contribution is 0.623. The Balaban J connectivity index is 2.53. The minimum absolute atomic E-state index is 0.279. The van der Waals surface area contributed by atoms with Crippen LogP contribution in [0.2, 0.25) is 0 Å². The van der Waals surface area contributed by atoms with E-state index in [2.05, 4.69) is 26.2 Å². The predicted molar refractivity (Wildman–Crippen MR) is 58.6 cm³/mol. The number of hydrogen-bond acceptors (Lipinski definition) is 2. The minimum atomic E-state index is -0.338. The van der Waals surface area contributed by atoms with Crippen LogP contribution in [-0.2, 0) is 5.88 Å². The van der Waals surface area contributed by atoms with Crippen LogP contribution in [0.25, 0.3) is 5.69 Å². The second-order valence-electron chi connectivity index (χ2n) is 2.90. The van der Waals surface area contributed by atoms with Crippen molar-refractivity contribution in [2.24, 2.45) is 0 Å². The lowest BCUT2D eigenvalue weighted by Crippen LogP contribution is -2.01. The summed E-state index contributed by atoms with van der Waals surface area (Å²) in [4.78, 5) is 0. The molecule has 15 heavy (non-hydrogen) atoms. The normalized spacial score (nSPS) is 10.6. The van der Waals surface area contributed by atoms with Gasteiger partial charge in [0, 0.05) is 4.47 Å². The number of halogens is 3. The van der Waals surface area contributed by atoms with Crippen molar-refractivity contribution in [2.75, 3.05) is 0 Å². The van der Waals surface area contributed by atoms with Gasteiger partial charge in [-0.2, -0.15) is 0 Å². The Labute approximate surface area is 99.0 Å². The van der Waals surface area contributed by atoms with Gasteiger partial charge in [0.15, 0.2) is 0 Å². The first kappa shape index (κ1) is 10.6. The molecule has 0 aliphatic carbocycles. The second kappa shape index (κ2) is 4.28. The van der Waals surface area contributed by atoms with Crippen molar-refractivity contribution in [3.05, 3.63) is 40.4 Å². The SMILES string of the molecule is Fc1cc(Br)cc(-n2nncc2CCl)c1. The Morgan fingerprint density at radius 3 is 2.87 bits per heavy atom. The zero-order valence-electron chi connectivity index (χ0n) is 7.49. The third-order valence-corrected chi connectivity index (χ3v) is 2.58. The molecule has 0 bridgehead atoms. The first-order chi connectivity index (χ1) is 7.20. The molecule has 3 nitrogen and oxygen atoms in total. The number of aromatic nitrogens is 3. The maximum absolute atomic E-state index is 13.1. The lowest BCUT2D eigenvalue weighted by Gasteiger charge is -2.04. The molecular weight excluding hydrogens is 284 g/mol. The number of benzene rings is 1. The van der Waals surface area contributed by atoms with E-state index in [-0.39, 0.29) is 11.7 Å². The van der Waals surface area contributed by atoms with Crippen LogP contribution in [0.5, 0.6) is 0 Å². The van der Waals surface area contributed by atoms with Gasteiger partial charge in [-0.15, -0.1) is 16.7 Å². The Morgan fingerprint density at radius 1 is 1.40 bits per heavy atom. The van der Waals surface area contributed by atoms with Crippen LogP contribution in [0.15, 0.2) is 28.9 Å². The Hall–Kier alpha value is -0.940. The minimum Gasteiger partial charge on any atom is -0.216 e. The largest absolute Gasteiger partial charge is 0.216 e. The zero-order chi connectivity index (χ0) is 10.8. The van der Waals surface area contributed by atoms with E-state index in [1.54, 1.807) is 12.3 Å². The molecule has 0 aliphatic rings. The highest BCUT2D eigenvalue weighted by molar-refractivity contribution is 9.10. The van der Waals surface area contributed by atoms with E-state index >= 15 is 0 Å². The van der Waals surface area contributed by atoms with Gasteiger partial charge in [0.05, 0.1) is 23.5 Å². The summed E-state index contributed by atoms with van der Waals surface area (Å²) in [6.07, 6.45) is 1.55. The van der Waals surface area contributed by atoms with Crippen LogP contribution in [-0.4, -0.2) is 15.0 Å². The maximum atomic E-state index is 13.1. The van der Waals surface area contributed by atoms with Crippen molar-refractivity contribution in [1.82, 2.24) is 15.0 Å². The highest BCUT2D eigenvalue weighted by Crippen LogP contribution is 2.19. The summed E-state index contributed by atoms with van der Waals surface area (Å²) in [5.41, 5.74) is 1.31. The second-order valence-corrected chi connectivity index (χ2v) is 4.08. The highest BCUT2D eigenvalue weighted by Gasteiger charge is 2.07. The van der Waals surface area contributed by atoms with Gasteiger partial charge < -0.3 is 0 Å². The van der Waals surface area contributed by atoms with E-state index in [0.717, 1.165) is 0 Å². The fraction of sp³-hybridized carbons (Fsp3) is 0.111. The molecule has 2 rings (SSSR count).